The predicted octanol–water partition coefficient (Wildman–Crippen LogP) is 6.08. The number of nitrogens with one attached hydrogen (secondary N) is 1. The molecule has 30 heavy (non-hydrogen) atoms. The summed E-state index contributed by atoms with van der Waals surface area (Å²) in [7, 11) is 0. The van der Waals surface area contributed by atoms with Crippen molar-refractivity contribution in [3.05, 3.63) is 75.8 Å². The first-order valence-corrected chi connectivity index (χ1v) is 10.7. The maximum absolute atomic E-state index is 6.11. The van der Waals surface area contributed by atoms with E-state index in [1.807, 2.05) is 43.3 Å². The van der Waals surface area contributed by atoms with Crippen LogP contribution >= 0.6 is 15.9 Å². The van der Waals surface area contributed by atoms with Crippen LogP contribution in [0.3, 0.4) is 0 Å². The fourth-order valence-corrected chi connectivity index (χ4v) is 3.90. The minimum Gasteiger partial charge on any atom is -0.490 e. The van der Waals surface area contributed by atoms with Crippen LogP contribution in [0.15, 0.2) is 59.1 Å². The molecule has 1 heterocycles. The molecule has 1 N–H and O–H groups in total. The highest BCUT2D eigenvalue weighted by molar-refractivity contribution is 9.10. The molecule has 1 aliphatic heterocycles. The Morgan fingerprint density at radius 1 is 0.967 bits per heavy atom. The standard InChI is InChI=1S/C24H24BrNO4/c1-3-27-23-11-18(13-26-19-7-8-21-22(12-19)30-15-29-21)10-20(25)24(23)28-14-17-6-4-5-16(2)9-17/h4-12,26H,3,13-15H2,1-2H3. The average molecular weight is 470 g/mol. The van der Waals surface area contributed by atoms with Crippen molar-refractivity contribution in [3.63, 3.8) is 0 Å². The summed E-state index contributed by atoms with van der Waals surface area (Å²) in [4.78, 5) is 0. The Morgan fingerprint density at radius 2 is 1.83 bits per heavy atom. The molecule has 156 valence electrons. The van der Waals surface area contributed by atoms with Gasteiger partial charge in [-0.1, -0.05) is 29.8 Å². The molecule has 0 fully saturated rings. The molecule has 6 heteroatoms. The molecule has 3 aromatic rings. The first-order valence-electron chi connectivity index (χ1n) is 9.89. The Balaban J connectivity index is 1.47. The summed E-state index contributed by atoms with van der Waals surface area (Å²) in [5, 5.41) is 3.42. The van der Waals surface area contributed by atoms with Crippen LogP contribution in [0.2, 0.25) is 0 Å². The Bertz CT molecular complexity index is 1040. The van der Waals surface area contributed by atoms with Crippen LogP contribution in [0.25, 0.3) is 0 Å². The Kier molecular flexibility index (Phi) is 6.33. The Labute approximate surface area is 185 Å². The molecule has 0 amide bonds. The van der Waals surface area contributed by atoms with Gasteiger partial charge < -0.3 is 24.3 Å². The van der Waals surface area contributed by atoms with Crippen LogP contribution in [0.4, 0.5) is 5.69 Å². The monoisotopic (exact) mass is 469 g/mol. The number of anilines is 1. The average Bonchev–Trinajstić information content (AvgIpc) is 3.20. The molecule has 0 saturated carbocycles. The zero-order chi connectivity index (χ0) is 20.9. The molecule has 3 aromatic carbocycles. The molecule has 0 bridgehead atoms. The van der Waals surface area contributed by atoms with Crippen LogP contribution in [-0.4, -0.2) is 13.4 Å². The van der Waals surface area contributed by atoms with Gasteiger partial charge in [0.05, 0.1) is 11.1 Å². The predicted molar refractivity (Wildman–Crippen MR) is 121 cm³/mol. The van der Waals surface area contributed by atoms with E-state index in [0.717, 1.165) is 38.5 Å². The van der Waals surface area contributed by atoms with E-state index in [-0.39, 0.29) is 6.79 Å². The third-order valence-electron chi connectivity index (χ3n) is 4.70. The summed E-state index contributed by atoms with van der Waals surface area (Å²) >= 11 is 3.65. The van der Waals surface area contributed by atoms with Crippen molar-refractivity contribution in [1.82, 2.24) is 0 Å². The van der Waals surface area contributed by atoms with Crippen LogP contribution in [-0.2, 0) is 13.2 Å². The van der Waals surface area contributed by atoms with E-state index in [1.165, 1.54) is 5.56 Å². The van der Waals surface area contributed by atoms with Crippen molar-refractivity contribution < 1.29 is 18.9 Å². The van der Waals surface area contributed by atoms with Crippen LogP contribution in [0, 0.1) is 6.92 Å². The first kappa shape index (κ1) is 20.4. The van der Waals surface area contributed by atoms with E-state index >= 15 is 0 Å². The summed E-state index contributed by atoms with van der Waals surface area (Å²) in [6.07, 6.45) is 0. The SMILES string of the molecule is CCOc1cc(CNc2ccc3c(c2)OCO3)cc(Br)c1OCc1cccc(C)c1. The van der Waals surface area contributed by atoms with Crippen molar-refractivity contribution in [1.29, 1.82) is 0 Å². The van der Waals surface area contributed by atoms with Gasteiger partial charge in [0.2, 0.25) is 6.79 Å². The van der Waals surface area contributed by atoms with E-state index in [9.17, 15) is 0 Å². The number of hydrogen-bond donors (Lipinski definition) is 1. The van der Waals surface area contributed by atoms with Gasteiger partial charge in [-0.15, -0.1) is 0 Å². The molecule has 0 unspecified atom stereocenters. The van der Waals surface area contributed by atoms with Crippen molar-refractivity contribution in [2.45, 2.75) is 27.0 Å². The van der Waals surface area contributed by atoms with Crippen molar-refractivity contribution in [2.75, 3.05) is 18.7 Å². The fraction of sp³-hybridized carbons (Fsp3) is 0.250. The van der Waals surface area contributed by atoms with Gasteiger partial charge in [-0.05, 0) is 65.2 Å². The summed E-state index contributed by atoms with van der Waals surface area (Å²) < 4.78 is 23.6. The minimum atomic E-state index is 0.271. The minimum absolute atomic E-state index is 0.271. The quantitative estimate of drug-likeness (QED) is 0.433. The van der Waals surface area contributed by atoms with Gasteiger partial charge in [-0.3, -0.25) is 0 Å². The van der Waals surface area contributed by atoms with Gasteiger partial charge in [0.15, 0.2) is 23.0 Å². The van der Waals surface area contributed by atoms with Gasteiger partial charge in [-0.25, -0.2) is 0 Å². The van der Waals surface area contributed by atoms with E-state index in [2.05, 4.69) is 46.4 Å². The molecule has 1 aliphatic rings. The third kappa shape index (κ3) is 4.82. The lowest BCUT2D eigenvalue weighted by Gasteiger charge is -2.16. The van der Waals surface area contributed by atoms with Gasteiger partial charge >= 0.3 is 0 Å². The van der Waals surface area contributed by atoms with Gasteiger partial charge in [0.25, 0.3) is 0 Å². The van der Waals surface area contributed by atoms with E-state index in [4.69, 9.17) is 18.9 Å². The molecular weight excluding hydrogens is 446 g/mol. The first-order chi connectivity index (χ1) is 14.6. The lowest BCUT2D eigenvalue weighted by Crippen LogP contribution is -2.04. The molecular formula is C24H24BrNO4. The van der Waals surface area contributed by atoms with E-state index in [0.29, 0.717) is 25.5 Å². The Hall–Kier alpha value is -2.86. The van der Waals surface area contributed by atoms with Crippen molar-refractivity contribution in [2.24, 2.45) is 0 Å². The smallest absolute Gasteiger partial charge is 0.231 e. The van der Waals surface area contributed by atoms with Crippen LogP contribution in [0.5, 0.6) is 23.0 Å². The highest BCUT2D eigenvalue weighted by atomic mass is 79.9. The van der Waals surface area contributed by atoms with E-state index in [1.54, 1.807) is 0 Å². The second kappa shape index (κ2) is 9.30. The maximum Gasteiger partial charge on any atom is 0.231 e. The van der Waals surface area contributed by atoms with Crippen molar-refractivity contribution >= 4 is 21.6 Å². The second-order valence-corrected chi connectivity index (χ2v) is 7.89. The molecule has 4 rings (SSSR count). The zero-order valence-corrected chi connectivity index (χ0v) is 18.6. The summed E-state index contributed by atoms with van der Waals surface area (Å²) in [5.41, 5.74) is 4.38. The molecule has 0 atom stereocenters. The van der Waals surface area contributed by atoms with Gasteiger partial charge in [-0.2, -0.15) is 0 Å². The zero-order valence-electron chi connectivity index (χ0n) is 17.0. The largest absolute Gasteiger partial charge is 0.490 e. The fourth-order valence-electron chi connectivity index (χ4n) is 3.29. The number of fused-ring (bicyclic) bond motifs is 1. The van der Waals surface area contributed by atoms with Crippen LogP contribution < -0.4 is 24.3 Å². The maximum atomic E-state index is 6.11. The van der Waals surface area contributed by atoms with Crippen molar-refractivity contribution in [3.8, 4) is 23.0 Å². The number of rotatable bonds is 8. The van der Waals surface area contributed by atoms with Gasteiger partial charge in [0.1, 0.15) is 6.61 Å². The second-order valence-electron chi connectivity index (χ2n) is 7.04. The highest BCUT2D eigenvalue weighted by Gasteiger charge is 2.15. The molecule has 0 aliphatic carbocycles. The molecule has 5 nitrogen and oxygen atoms in total. The lowest BCUT2D eigenvalue weighted by atomic mass is 10.1. The molecule has 0 aromatic heterocycles. The topological polar surface area (TPSA) is 49.0 Å². The van der Waals surface area contributed by atoms with Gasteiger partial charge in [0, 0.05) is 18.3 Å². The third-order valence-corrected chi connectivity index (χ3v) is 5.29. The molecule has 0 radical (unpaired) electrons. The lowest BCUT2D eigenvalue weighted by molar-refractivity contribution is 0.174. The number of aryl methyl sites for hydroxylation is 1. The number of halogens is 1. The summed E-state index contributed by atoms with van der Waals surface area (Å²) in [5.74, 6) is 2.97. The normalized spacial score (nSPS) is 12.0. The number of benzene rings is 3. The summed E-state index contributed by atoms with van der Waals surface area (Å²) in [6, 6.07) is 18.2. The molecule has 0 spiro atoms. The number of ether oxygens (including phenoxy) is 4. The number of hydrogen-bond acceptors (Lipinski definition) is 5. The highest BCUT2D eigenvalue weighted by Crippen LogP contribution is 2.38. The molecule has 0 saturated heterocycles. The summed E-state index contributed by atoms with van der Waals surface area (Å²) in [6.45, 7) is 5.99. The Morgan fingerprint density at radius 3 is 2.67 bits per heavy atom. The van der Waals surface area contributed by atoms with Crippen LogP contribution in [0.1, 0.15) is 23.6 Å². The van der Waals surface area contributed by atoms with E-state index < -0.39 is 0 Å².